The number of carbonyl (C=O) groups is 1. The average molecular weight is 324 g/mol. The van der Waals surface area contributed by atoms with Crippen molar-refractivity contribution >= 4 is 6.03 Å². The van der Waals surface area contributed by atoms with Crippen molar-refractivity contribution in [2.45, 2.75) is 39.3 Å². The van der Waals surface area contributed by atoms with Crippen LogP contribution >= 0.6 is 0 Å². The Morgan fingerprint density at radius 1 is 1.30 bits per heavy atom. The number of halogens is 1. The molecule has 1 N–H and O–H groups in total. The van der Waals surface area contributed by atoms with Crippen LogP contribution in [0.1, 0.15) is 32.3 Å². The fourth-order valence-corrected chi connectivity index (χ4v) is 2.68. The smallest absolute Gasteiger partial charge is 0.317 e. The molecule has 0 spiro atoms. The van der Waals surface area contributed by atoms with E-state index in [0.29, 0.717) is 38.4 Å². The van der Waals surface area contributed by atoms with Crippen molar-refractivity contribution in [1.82, 2.24) is 10.2 Å². The zero-order valence-electron chi connectivity index (χ0n) is 13.8. The first-order valence-electron chi connectivity index (χ1n) is 8.19. The van der Waals surface area contributed by atoms with Gasteiger partial charge in [-0.15, -0.1) is 0 Å². The van der Waals surface area contributed by atoms with Crippen LogP contribution in [0.3, 0.4) is 0 Å². The van der Waals surface area contributed by atoms with Crippen LogP contribution in [0.25, 0.3) is 0 Å². The Hall–Kier alpha value is -1.82. The van der Waals surface area contributed by atoms with Gasteiger partial charge in [0.25, 0.3) is 0 Å². The van der Waals surface area contributed by atoms with Crippen molar-refractivity contribution in [3.05, 3.63) is 29.6 Å². The summed E-state index contributed by atoms with van der Waals surface area (Å²) < 4.78 is 24.5. The Morgan fingerprint density at radius 3 is 2.65 bits per heavy atom. The lowest BCUT2D eigenvalue weighted by molar-refractivity contribution is 0.0220. The zero-order valence-corrected chi connectivity index (χ0v) is 13.8. The average Bonchev–Trinajstić information content (AvgIpc) is 2.56. The summed E-state index contributed by atoms with van der Waals surface area (Å²) in [5.41, 5.74) is 0.712. The maximum Gasteiger partial charge on any atom is 0.317 e. The van der Waals surface area contributed by atoms with E-state index in [1.165, 1.54) is 6.07 Å². The number of likely N-dealkylation sites (tertiary alicyclic amines) is 1. The highest BCUT2D eigenvalue weighted by Gasteiger charge is 2.22. The number of carbonyl (C=O) groups excluding carboxylic acids is 1. The minimum atomic E-state index is -0.406. The molecule has 0 unspecified atom stereocenters. The molecule has 1 aliphatic rings. The van der Waals surface area contributed by atoms with Crippen LogP contribution in [0.15, 0.2) is 18.2 Å². The Labute approximate surface area is 136 Å². The standard InChI is InChI=1S/C17H25FN2O3/c1-3-22-14-7-9-20(10-8-14)17(21)19-12-13-5-6-16(23-4-2)15(18)11-13/h5-6,11,14H,3-4,7-10,12H2,1-2H3,(H,19,21). The molecule has 0 aliphatic carbocycles. The maximum atomic E-state index is 13.8. The molecule has 0 atom stereocenters. The van der Waals surface area contributed by atoms with Gasteiger partial charge < -0.3 is 19.7 Å². The summed E-state index contributed by atoms with van der Waals surface area (Å²) >= 11 is 0. The van der Waals surface area contributed by atoms with Crippen LogP contribution in [0.2, 0.25) is 0 Å². The van der Waals surface area contributed by atoms with E-state index in [0.717, 1.165) is 12.8 Å². The number of urea groups is 1. The topological polar surface area (TPSA) is 50.8 Å². The third-order valence-corrected chi connectivity index (χ3v) is 3.87. The van der Waals surface area contributed by atoms with Crippen LogP contribution in [-0.2, 0) is 11.3 Å². The van der Waals surface area contributed by atoms with Crippen molar-refractivity contribution in [3.63, 3.8) is 0 Å². The van der Waals surface area contributed by atoms with E-state index in [1.54, 1.807) is 17.0 Å². The number of nitrogens with zero attached hydrogens (tertiary/aromatic N) is 1. The van der Waals surface area contributed by atoms with Gasteiger partial charge in [0, 0.05) is 26.2 Å². The predicted molar refractivity (Wildman–Crippen MR) is 86.0 cm³/mol. The molecular weight excluding hydrogens is 299 g/mol. The molecule has 1 aromatic rings. The molecule has 2 rings (SSSR count). The first-order valence-corrected chi connectivity index (χ1v) is 8.19. The van der Waals surface area contributed by atoms with Crippen molar-refractivity contribution < 1.29 is 18.7 Å². The molecule has 1 aromatic carbocycles. The predicted octanol–water partition coefficient (Wildman–Crippen LogP) is 2.93. The van der Waals surface area contributed by atoms with Gasteiger partial charge in [0.15, 0.2) is 11.6 Å². The highest BCUT2D eigenvalue weighted by atomic mass is 19.1. The van der Waals surface area contributed by atoms with Crippen LogP contribution in [0.5, 0.6) is 5.75 Å². The molecule has 5 nitrogen and oxygen atoms in total. The minimum absolute atomic E-state index is 0.116. The fourth-order valence-electron chi connectivity index (χ4n) is 2.68. The second kappa shape index (κ2) is 8.72. The van der Waals surface area contributed by atoms with Gasteiger partial charge >= 0.3 is 6.03 Å². The van der Waals surface area contributed by atoms with E-state index in [9.17, 15) is 9.18 Å². The molecule has 1 heterocycles. The number of hydrogen-bond donors (Lipinski definition) is 1. The second-order valence-corrected chi connectivity index (χ2v) is 5.50. The molecule has 128 valence electrons. The summed E-state index contributed by atoms with van der Waals surface area (Å²) in [5.74, 6) is -0.170. The van der Waals surface area contributed by atoms with Crippen LogP contribution in [-0.4, -0.2) is 43.3 Å². The van der Waals surface area contributed by atoms with E-state index in [2.05, 4.69) is 5.32 Å². The molecule has 0 saturated carbocycles. The summed E-state index contributed by atoms with van der Waals surface area (Å²) in [6.07, 6.45) is 1.97. The highest BCUT2D eigenvalue weighted by Crippen LogP contribution is 2.18. The summed E-state index contributed by atoms with van der Waals surface area (Å²) in [7, 11) is 0. The summed E-state index contributed by atoms with van der Waals surface area (Å²) in [6.45, 7) is 6.60. The van der Waals surface area contributed by atoms with Crippen LogP contribution in [0, 0.1) is 5.82 Å². The first kappa shape index (κ1) is 17.5. The van der Waals surface area contributed by atoms with Gasteiger partial charge in [0.05, 0.1) is 12.7 Å². The summed E-state index contributed by atoms with van der Waals surface area (Å²) in [6, 6.07) is 4.63. The van der Waals surface area contributed by atoms with Crippen LogP contribution in [0.4, 0.5) is 9.18 Å². The molecule has 0 bridgehead atoms. The van der Waals surface area contributed by atoms with E-state index in [1.807, 2.05) is 13.8 Å². The molecule has 23 heavy (non-hydrogen) atoms. The Bertz CT molecular complexity index is 517. The van der Waals surface area contributed by atoms with Gasteiger partial charge in [-0.2, -0.15) is 0 Å². The summed E-state index contributed by atoms with van der Waals surface area (Å²) in [4.78, 5) is 13.9. The number of piperidine rings is 1. The third kappa shape index (κ3) is 5.10. The van der Waals surface area contributed by atoms with Crippen molar-refractivity contribution in [1.29, 1.82) is 0 Å². The van der Waals surface area contributed by atoms with Crippen molar-refractivity contribution in [2.75, 3.05) is 26.3 Å². The zero-order chi connectivity index (χ0) is 16.7. The number of ether oxygens (including phenoxy) is 2. The second-order valence-electron chi connectivity index (χ2n) is 5.50. The molecular formula is C17H25FN2O3. The minimum Gasteiger partial charge on any atom is -0.491 e. The molecule has 1 aliphatic heterocycles. The molecule has 1 fully saturated rings. The Kier molecular flexibility index (Phi) is 6.65. The lowest BCUT2D eigenvalue weighted by Gasteiger charge is -2.31. The van der Waals surface area contributed by atoms with Gasteiger partial charge in [0.1, 0.15) is 0 Å². The molecule has 6 heteroatoms. The summed E-state index contributed by atoms with van der Waals surface area (Å²) in [5, 5.41) is 2.83. The van der Waals surface area contributed by atoms with Crippen molar-refractivity contribution in [3.8, 4) is 5.75 Å². The number of nitrogens with one attached hydrogen (secondary N) is 1. The normalized spacial score (nSPS) is 15.5. The third-order valence-electron chi connectivity index (χ3n) is 3.87. The number of amides is 2. The SMILES string of the molecule is CCOc1ccc(CNC(=O)N2CCC(OCC)CC2)cc1F. The van der Waals surface area contributed by atoms with Gasteiger partial charge in [-0.3, -0.25) is 0 Å². The first-order chi connectivity index (χ1) is 11.1. The van der Waals surface area contributed by atoms with Gasteiger partial charge in [0.2, 0.25) is 0 Å². The van der Waals surface area contributed by atoms with Gasteiger partial charge in [-0.25, -0.2) is 9.18 Å². The maximum absolute atomic E-state index is 13.8. The largest absolute Gasteiger partial charge is 0.491 e. The molecule has 2 amide bonds. The monoisotopic (exact) mass is 324 g/mol. The molecule has 0 radical (unpaired) electrons. The lowest BCUT2D eigenvalue weighted by atomic mass is 10.1. The van der Waals surface area contributed by atoms with Gasteiger partial charge in [-0.1, -0.05) is 6.07 Å². The Balaban J connectivity index is 1.79. The lowest BCUT2D eigenvalue weighted by Crippen LogP contribution is -2.45. The van der Waals surface area contributed by atoms with E-state index < -0.39 is 5.82 Å². The van der Waals surface area contributed by atoms with E-state index in [-0.39, 0.29) is 17.9 Å². The van der Waals surface area contributed by atoms with Crippen molar-refractivity contribution in [2.24, 2.45) is 0 Å². The number of rotatable bonds is 6. The quantitative estimate of drug-likeness (QED) is 0.875. The highest BCUT2D eigenvalue weighted by molar-refractivity contribution is 5.74. The van der Waals surface area contributed by atoms with Crippen LogP contribution < -0.4 is 10.1 Å². The molecule has 0 aromatic heterocycles. The van der Waals surface area contributed by atoms with Gasteiger partial charge in [-0.05, 0) is 44.4 Å². The number of benzene rings is 1. The van der Waals surface area contributed by atoms with E-state index in [4.69, 9.17) is 9.47 Å². The fraction of sp³-hybridized carbons (Fsp3) is 0.588. The van der Waals surface area contributed by atoms with E-state index >= 15 is 0 Å². The molecule has 1 saturated heterocycles. The number of hydrogen-bond acceptors (Lipinski definition) is 3. The Morgan fingerprint density at radius 2 is 2.04 bits per heavy atom.